The van der Waals surface area contributed by atoms with Crippen LogP contribution in [0.2, 0.25) is 0 Å². The van der Waals surface area contributed by atoms with E-state index in [0.29, 0.717) is 0 Å². The summed E-state index contributed by atoms with van der Waals surface area (Å²) in [6, 6.07) is 97.5. The summed E-state index contributed by atoms with van der Waals surface area (Å²) in [5, 5.41) is 14.5. The molecule has 0 N–H and O–H groups in total. The van der Waals surface area contributed by atoms with Gasteiger partial charge in [0.05, 0.1) is 44.5 Å². The quantitative estimate of drug-likeness (QED) is 0.152. The Hall–Kier alpha value is -11.3. The number of fused-ring (bicyclic) bond motifs is 18. The lowest BCUT2D eigenvalue weighted by Crippen LogP contribution is -2.11. The van der Waals surface area contributed by atoms with E-state index in [2.05, 4.69) is 287 Å². The van der Waals surface area contributed by atoms with E-state index in [9.17, 15) is 0 Å². The summed E-state index contributed by atoms with van der Waals surface area (Å²) in [6.45, 7) is 4.35. The van der Waals surface area contributed by atoms with E-state index in [1.54, 1.807) is 0 Å². The second-order valence-corrected chi connectivity index (χ2v) is 23.3. The van der Waals surface area contributed by atoms with Crippen LogP contribution < -0.4 is 9.80 Å². The lowest BCUT2D eigenvalue weighted by molar-refractivity contribution is 0.668. The molecule has 0 saturated heterocycles. The lowest BCUT2D eigenvalue weighted by atomic mass is 10.0. The molecule has 0 saturated carbocycles. The number of aryl methyl sites for hydroxylation is 2. The first kappa shape index (κ1) is 47.2. The monoisotopic (exact) mass is 1100 g/mol. The van der Waals surface area contributed by atoms with Crippen LogP contribution in [0.3, 0.4) is 0 Å². The summed E-state index contributed by atoms with van der Waals surface area (Å²) in [4.78, 5) is 4.68. The summed E-state index contributed by atoms with van der Waals surface area (Å²) in [6.07, 6.45) is 0. The second-order valence-electron chi connectivity index (χ2n) is 23.3. The van der Waals surface area contributed by atoms with Gasteiger partial charge in [0.1, 0.15) is 11.2 Å². The number of furan rings is 2. The molecule has 86 heavy (non-hydrogen) atoms. The van der Waals surface area contributed by atoms with Crippen molar-refractivity contribution in [3.63, 3.8) is 0 Å². The zero-order chi connectivity index (χ0) is 56.5. The van der Waals surface area contributed by atoms with Gasteiger partial charge in [0.25, 0.3) is 0 Å². The van der Waals surface area contributed by atoms with Crippen LogP contribution in [0, 0.1) is 13.8 Å². The fourth-order valence-electron chi connectivity index (χ4n) is 14.7. The largest absolute Gasteiger partial charge is 0.454 e. The molecule has 6 nitrogen and oxygen atoms in total. The van der Waals surface area contributed by atoms with Gasteiger partial charge in [-0.05, 0) is 132 Å². The Kier molecular flexibility index (Phi) is 9.65. The van der Waals surface area contributed by atoms with E-state index in [0.717, 1.165) is 100 Å². The van der Waals surface area contributed by atoms with Gasteiger partial charge in [-0.25, -0.2) is 0 Å². The maximum absolute atomic E-state index is 6.68. The van der Waals surface area contributed by atoms with Crippen molar-refractivity contribution in [2.24, 2.45) is 0 Å². The van der Waals surface area contributed by atoms with Crippen LogP contribution >= 0.6 is 0 Å². The van der Waals surface area contributed by atoms with E-state index in [1.165, 1.54) is 87.3 Å². The molecule has 0 aliphatic heterocycles. The summed E-state index contributed by atoms with van der Waals surface area (Å²) in [5.41, 5.74) is 24.2. The molecule has 0 radical (unpaired) electrons. The van der Waals surface area contributed by atoms with Gasteiger partial charge in [0.15, 0.2) is 11.2 Å². The Bertz CT molecular complexity index is 5600. The highest BCUT2D eigenvalue weighted by atomic mass is 16.3. The Morgan fingerprint density at radius 1 is 0.256 bits per heavy atom. The van der Waals surface area contributed by atoms with Gasteiger partial charge in [0.2, 0.25) is 0 Å². The lowest BCUT2D eigenvalue weighted by Gasteiger charge is -2.27. The van der Waals surface area contributed by atoms with Gasteiger partial charge in [-0.15, -0.1) is 0 Å². The van der Waals surface area contributed by atoms with Crippen LogP contribution in [0.15, 0.2) is 276 Å². The first-order valence-electron chi connectivity index (χ1n) is 29.6. The molecule has 0 bridgehead atoms. The third kappa shape index (κ3) is 6.55. The molecule has 0 fully saturated rings. The average molecular weight is 1100 g/mol. The molecule has 13 aromatic carbocycles. The molecular weight excluding hydrogens is 1050 g/mol. The Morgan fingerprint density at radius 2 is 0.593 bits per heavy atom. The van der Waals surface area contributed by atoms with Crippen LogP contribution in [0.5, 0.6) is 0 Å². The van der Waals surface area contributed by atoms with Crippen molar-refractivity contribution in [2.75, 3.05) is 9.80 Å². The highest BCUT2D eigenvalue weighted by Crippen LogP contribution is 2.49. The highest BCUT2D eigenvalue weighted by Gasteiger charge is 2.26. The van der Waals surface area contributed by atoms with Gasteiger partial charge >= 0.3 is 0 Å². The fourth-order valence-corrected chi connectivity index (χ4v) is 14.7. The smallest absolute Gasteiger partial charge is 0.159 e. The predicted molar refractivity (Wildman–Crippen MR) is 360 cm³/mol. The number of hydrogen-bond donors (Lipinski definition) is 0. The molecule has 0 aliphatic carbocycles. The van der Waals surface area contributed by atoms with Crippen molar-refractivity contribution < 1.29 is 8.83 Å². The third-order valence-electron chi connectivity index (χ3n) is 18.6. The average Bonchev–Trinajstić information content (AvgIpc) is 1.66. The van der Waals surface area contributed by atoms with E-state index < -0.39 is 0 Å². The molecule has 0 unspecified atom stereocenters. The minimum absolute atomic E-state index is 0.885. The topological polar surface area (TPSA) is 41.6 Å². The molecule has 0 aliphatic rings. The van der Waals surface area contributed by atoms with Crippen molar-refractivity contribution in [2.45, 2.75) is 13.8 Å². The number of benzene rings is 13. The molecule has 6 heteroatoms. The molecule has 19 aromatic rings. The number of aromatic nitrogens is 2. The van der Waals surface area contributed by atoms with Gasteiger partial charge in [-0.3, -0.25) is 0 Å². The first-order chi connectivity index (χ1) is 42.5. The Morgan fingerprint density at radius 3 is 1.02 bits per heavy atom. The van der Waals surface area contributed by atoms with Crippen molar-refractivity contribution in [1.82, 2.24) is 8.80 Å². The number of hydrogen-bond acceptors (Lipinski definition) is 4. The molecule has 19 rings (SSSR count). The SMILES string of the molecule is Cc1ccc2c(oc3ccccc32)c1N(c1ccccc1)c1ccc(-c2ccc3c4cccc5c6cc7c(cc6n(c3c2)c45)c2cccc3c4ccc(-c5ccc(N(c6ccccc6)c6c(C)ccc8c6oc6ccccc68)cc5)cc4n7c32)cc1. The molecule has 402 valence electrons. The van der Waals surface area contributed by atoms with E-state index in [-0.39, 0.29) is 0 Å². The van der Waals surface area contributed by atoms with Crippen LogP contribution in [0.25, 0.3) is 142 Å². The fraction of sp³-hybridized carbons (Fsp3) is 0.0250. The maximum Gasteiger partial charge on any atom is 0.159 e. The summed E-state index contributed by atoms with van der Waals surface area (Å²) >= 11 is 0. The Balaban J connectivity index is 0.727. The standard InChI is InChI=1S/C80H50N4O2/c1-47-27-39-65-59-19-9-11-25-73(59)85-79(65)75(47)81(53-15-5-3-6-16-53)55-35-29-49(30-36-55)51-33-41-57-61-21-13-23-63-67-46-72-68(45-71(67)83(77(61)63)69(57)43-51)64-24-14-22-62-58-42-34-52(44-70(58)84(72)78(62)64)50-31-37-56(38-32-50)82(54-17-7-4-8-18-54)76-48(2)28-40-66-60-20-10-12-26-74(60)86-80(66)76/h3-46H,1-2H3. The van der Waals surface area contributed by atoms with Gasteiger partial charge in [-0.1, -0.05) is 182 Å². The van der Waals surface area contributed by atoms with Crippen molar-refractivity contribution in [1.29, 1.82) is 0 Å². The maximum atomic E-state index is 6.68. The number of para-hydroxylation sites is 6. The van der Waals surface area contributed by atoms with Crippen molar-refractivity contribution in [3.05, 3.63) is 278 Å². The number of nitrogens with zero attached hydrogens (tertiary/aromatic N) is 4. The van der Waals surface area contributed by atoms with Gasteiger partial charge in [-0.2, -0.15) is 0 Å². The molecular formula is C80H50N4O2. The van der Waals surface area contributed by atoms with Crippen molar-refractivity contribution in [3.8, 4) is 22.3 Å². The second kappa shape index (κ2) is 17.6. The molecule has 0 atom stereocenters. The predicted octanol–water partition coefficient (Wildman–Crippen LogP) is 22.7. The zero-order valence-corrected chi connectivity index (χ0v) is 47.0. The molecule has 0 spiro atoms. The van der Waals surface area contributed by atoms with E-state index in [4.69, 9.17) is 8.83 Å². The van der Waals surface area contributed by atoms with Gasteiger partial charge in [0, 0.05) is 87.4 Å². The summed E-state index contributed by atoms with van der Waals surface area (Å²) in [5.74, 6) is 0. The van der Waals surface area contributed by atoms with Crippen molar-refractivity contribution >= 4 is 154 Å². The Labute approximate surface area is 493 Å². The van der Waals surface area contributed by atoms with Gasteiger partial charge < -0.3 is 27.4 Å². The molecule has 0 amide bonds. The normalized spacial score (nSPS) is 12.3. The van der Waals surface area contributed by atoms with Crippen LogP contribution in [0.1, 0.15) is 11.1 Å². The number of rotatable bonds is 8. The van der Waals surface area contributed by atoms with Crippen LogP contribution in [-0.2, 0) is 0 Å². The van der Waals surface area contributed by atoms with Crippen LogP contribution in [0.4, 0.5) is 34.1 Å². The zero-order valence-electron chi connectivity index (χ0n) is 47.0. The molecule has 6 aromatic heterocycles. The van der Waals surface area contributed by atoms with E-state index >= 15 is 0 Å². The molecule has 6 heterocycles. The minimum Gasteiger partial charge on any atom is -0.454 e. The summed E-state index contributed by atoms with van der Waals surface area (Å²) in [7, 11) is 0. The minimum atomic E-state index is 0.885. The first-order valence-corrected chi connectivity index (χ1v) is 29.6. The van der Waals surface area contributed by atoms with Crippen LogP contribution in [-0.4, -0.2) is 8.80 Å². The van der Waals surface area contributed by atoms with E-state index in [1.807, 2.05) is 12.1 Å². The number of anilines is 6. The third-order valence-corrected chi connectivity index (χ3v) is 18.6. The highest BCUT2D eigenvalue weighted by molar-refractivity contribution is 6.29. The summed E-state index contributed by atoms with van der Waals surface area (Å²) < 4.78 is 18.4.